The van der Waals surface area contributed by atoms with Gasteiger partial charge >= 0.3 is 0 Å². The quantitative estimate of drug-likeness (QED) is 0.675. The third-order valence-electron chi connectivity index (χ3n) is 3.62. The molecular weight excluding hydrogens is 304 g/mol. The molecule has 1 atom stereocenters. The lowest BCUT2D eigenvalue weighted by molar-refractivity contribution is -0.120. The van der Waals surface area contributed by atoms with Gasteiger partial charge in [0.15, 0.2) is 0 Å². The molecule has 0 unspecified atom stereocenters. The molecule has 6 heteroatoms. The van der Waals surface area contributed by atoms with E-state index >= 15 is 0 Å². The van der Waals surface area contributed by atoms with Gasteiger partial charge in [0.1, 0.15) is 0 Å². The summed E-state index contributed by atoms with van der Waals surface area (Å²) in [5.74, 6) is -0.00659. The largest absolute Gasteiger partial charge is 0.349 e. The fraction of sp³-hybridized carbons (Fsp3) is 0.167. The number of H-pyrrole nitrogens is 1. The molecule has 3 N–H and O–H groups in total. The van der Waals surface area contributed by atoms with Crippen LogP contribution in [0.3, 0.4) is 0 Å². The van der Waals surface area contributed by atoms with Crippen LogP contribution in [0.1, 0.15) is 24.9 Å². The number of amides is 2. The van der Waals surface area contributed by atoms with Gasteiger partial charge in [-0.1, -0.05) is 42.5 Å². The minimum Gasteiger partial charge on any atom is -0.349 e. The average Bonchev–Trinajstić information content (AvgIpc) is 2.96. The van der Waals surface area contributed by atoms with E-state index in [-0.39, 0.29) is 24.3 Å². The molecule has 0 radical (unpaired) electrons. The van der Waals surface area contributed by atoms with Crippen molar-refractivity contribution in [1.29, 1.82) is 0 Å². The summed E-state index contributed by atoms with van der Waals surface area (Å²) in [6.45, 7) is 1.44. The summed E-state index contributed by atoms with van der Waals surface area (Å²) in [6, 6.07) is 16.6. The number of para-hydroxylation sites is 2. The maximum Gasteiger partial charge on any atom is 0.229 e. The number of fused-ring (bicyclic) bond motifs is 1. The molecule has 0 bridgehead atoms. The number of benzene rings is 2. The molecule has 24 heavy (non-hydrogen) atoms. The molecule has 1 aromatic heterocycles. The number of carbonyl (C=O) groups excluding carboxylic acids is 2. The smallest absolute Gasteiger partial charge is 0.229 e. The molecule has 3 rings (SSSR count). The maximum atomic E-state index is 12.3. The highest BCUT2D eigenvalue weighted by atomic mass is 16.2. The van der Waals surface area contributed by atoms with Crippen molar-refractivity contribution in [3.8, 4) is 0 Å². The molecule has 2 aromatic carbocycles. The van der Waals surface area contributed by atoms with Crippen LogP contribution in [0.4, 0.5) is 5.95 Å². The number of anilines is 1. The van der Waals surface area contributed by atoms with Gasteiger partial charge in [-0.3, -0.25) is 14.9 Å². The standard InChI is InChI=1S/C18H18N4O2/c1-12(23)19-16(13-7-3-2-4-8-13)11-17(24)22-18-20-14-9-5-6-10-15(14)21-18/h2-10,16H,11H2,1H3,(H,19,23)(H2,20,21,22,24)/t16-/m0/s1. The molecular formula is C18H18N4O2. The topological polar surface area (TPSA) is 86.9 Å². The van der Waals surface area contributed by atoms with E-state index in [0.29, 0.717) is 5.95 Å². The number of hydrogen-bond donors (Lipinski definition) is 3. The Kier molecular flexibility index (Phi) is 4.56. The van der Waals surface area contributed by atoms with E-state index in [4.69, 9.17) is 0 Å². The van der Waals surface area contributed by atoms with Gasteiger partial charge in [0.2, 0.25) is 17.8 Å². The van der Waals surface area contributed by atoms with Crippen LogP contribution in [0, 0.1) is 0 Å². The van der Waals surface area contributed by atoms with Gasteiger partial charge < -0.3 is 10.3 Å². The average molecular weight is 322 g/mol. The summed E-state index contributed by atoms with van der Waals surface area (Å²) < 4.78 is 0. The van der Waals surface area contributed by atoms with Gasteiger partial charge in [0.25, 0.3) is 0 Å². The zero-order valence-corrected chi connectivity index (χ0v) is 13.2. The number of nitrogens with one attached hydrogen (secondary N) is 3. The van der Waals surface area contributed by atoms with Crippen LogP contribution in [0.2, 0.25) is 0 Å². The lowest BCUT2D eigenvalue weighted by Gasteiger charge is -2.17. The second-order valence-electron chi connectivity index (χ2n) is 5.52. The summed E-state index contributed by atoms with van der Waals surface area (Å²) in [5.41, 5.74) is 2.52. The van der Waals surface area contributed by atoms with E-state index in [9.17, 15) is 9.59 Å². The minimum atomic E-state index is -0.381. The third-order valence-corrected chi connectivity index (χ3v) is 3.62. The molecule has 0 aliphatic rings. The van der Waals surface area contributed by atoms with Crippen molar-refractivity contribution in [2.75, 3.05) is 5.32 Å². The molecule has 0 saturated heterocycles. The third kappa shape index (κ3) is 3.78. The first-order valence-corrected chi connectivity index (χ1v) is 7.68. The molecule has 0 spiro atoms. The molecule has 2 amide bonds. The van der Waals surface area contributed by atoms with E-state index in [0.717, 1.165) is 16.6 Å². The van der Waals surface area contributed by atoms with Crippen molar-refractivity contribution in [2.45, 2.75) is 19.4 Å². The molecule has 1 heterocycles. The predicted octanol–water partition coefficient (Wildman–Crippen LogP) is 2.77. The highest BCUT2D eigenvalue weighted by Gasteiger charge is 2.17. The van der Waals surface area contributed by atoms with Crippen molar-refractivity contribution in [3.05, 3.63) is 60.2 Å². The molecule has 6 nitrogen and oxygen atoms in total. The van der Waals surface area contributed by atoms with E-state index in [1.165, 1.54) is 6.92 Å². The Hall–Kier alpha value is -3.15. The summed E-state index contributed by atoms with van der Waals surface area (Å²) in [7, 11) is 0. The van der Waals surface area contributed by atoms with Gasteiger partial charge in [-0.2, -0.15) is 0 Å². The maximum absolute atomic E-state index is 12.3. The number of nitrogens with zero attached hydrogens (tertiary/aromatic N) is 1. The molecule has 122 valence electrons. The van der Waals surface area contributed by atoms with Crippen LogP contribution in [0.5, 0.6) is 0 Å². The summed E-state index contributed by atoms with van der Waals surface area (Å²) >= 11 is 0. The first-order chi connectivity index (χ1) is 11.6. The number of aromatic amines is 1. The Morgan fingerprint density at radius 2 is 1.79 bits per heavy atom. The summed E-state index contributed by atoms with van der Waals surface area (Å²) in [5, 5.41) is 5.56. The highest BCUT2D eigenvalue weighted by molar-refractivity contribution is 5.91. The van der Waals surface area contributed by atoms with Gasteiger partial charge in [-0.15, -0.1) is 0 Å². The summed E-state index contributed by atoms with van der Waals surface area (Å²) in [4.78, 5) is 31.1. The number of imidazole rings is 1. The molecule has 0 aliphatic heterocycles. The number of aromatic nitrogens is 2. The van der Waals surface area contributed by atoms with Crippen LogP contribution in [0.25, 0.3) is 11.0 Å². The fourth-order valence-corrected chi connectivity index (χ4v) is 2.56. The van der Waals surface area contributed by atoms with E-state index in [1.54, 1.807) is 0 Å². The van der Waals surface area contributed by atoms with E-state index in [1.807, 2.05) is 54.6 Å². The van der Waals surface area contributed by atoms with E-state index in [2.05, 4.69) is 20.6 Å². The van der Waals surface area contributed by atoms with Gasteiger partial charge in [0, 0.05) is 6.92 Å². The zero-order chi connectivity index (χ0) is 16.9. The molecule has 0 fully saturated rings. The first kappa shape index (κ1) is 15.7. The molecule has 0 aliphatic carbocycles. The fourth-order valence-electron chi connectivity index (χ4n) is 2.56. The SMILES string of the molecule is CC(=O)N[C@@H](CC(=O)Nc1nc2ccccc2[nH]1)c1ccccc1. The van der Waals surface area contributed by atoms with Gasteiger partial charge in [-0.05, 0) is 17.7 Å². The van der Waals surface area contributed by atoms with Crippen LogP contribution >= 0.6 is 0 Å². The molecule has 3 aromatic rings. The van der Waals surface area contributed by atoms with Crippen LogP contribution in [-0.2, 0) is 9.59 Å². The lowest BCUT2D eigenvalue weighted by atomic mass is 10.0. The Balaban J connectivity index is 1.72. The van der Waals surface area contributed by atoms with Crippen molar-refractivity contribution >= 4 is 28.8 Å². The van der Waals surface area contributed by atoms with Crippen molar-refractivity contribution < 1.29 is 9.59 Å². The summed E-state index contributed by atoms with van der Waals surface area (Å²) in [6.07, 6.45) is 0.126. The Morgan fingerprint density at radius 1 is 1.08 bits per heavy atom. The monoisotopic (exact) mass is 322 g/mol. The first-order valence-electron chi connectivity index (χ1n) is 7.68. The van der Waals surface area contributed by atoms with Crippen molar-refractivity contribution in [1.82, 2.24) is 15.3 Å². The zero-order valence-electron chi connectivity index (χ0n) is 13.2. The van der Waals surface area contributed by atoms with Crippen molar-refractivity contribution in [2.24, 2.45) is 0 Å². The second kappa shape index (κ2) is 6.95. The van der Waals surface area contributed by atoms with Gasteiger partial charge in [-0.25, -0.2) is 4.98 Å². The number of hydrogen-bond acceptors (Lipinski definition) is 3. The van der Waals surface area contributed by atoms with Crippen molar-refractivity contribution in [3.63, 3.8) is 0 Å². The minimum absolute atomic E-state index is 0.126. The Labute approximate surface area is 139 Å². The highest BCUT2D eigenvalue weighted by Crippen LogP contribution is 2.18. The molecule has 0 saturated carbocycles. The number of rotatable bonds is 5. The second-order valence-corrected chi connectivity index (χ2v) is 5.52. The normalized spacial score (nSPS) is 11.9. The Bertz CT molecular complexity index is 825. The number of carbonyl (C=O) groups is 2. The predicted molar refractivity (Wildman–Crippen MR) is 92.3 cm³/mol. The van der Waals surface area contributed by atoms with Crippen LogP contribution in [-0.4, -0.2) is 21.8 Å². The lowest BCUT2D eigenvalue weighted by Crippen LogP contribution is -2.29. The van der Waals surface area contributed by atoms with Crippen LogP contribution in [0.15, 0.2) is 54.6 Å². The Morgan fingerprint density at radius 3 is 2.50 bits per heavy atom. The van der Waals surface area contributed by atoms with Gasteiger partial charge in [0.05, 0.1) is 23.5 Å². The van der Waals surface area contributed by atoms with E-state index < -0.39 is 0 Å². The van der Waals surface area contributed by atoms with Crippen LogP contribution < -0.4 is 10.6 Å².